The first-order chi connectivity index (χ1) is 5.68. The minimum Gasteiger partial charge on any atom is -0.488 e. The van der Waals surface area contributed by atoms with Crippen LogP contribution in [0.1, 0.15) is 0 Å². The van der Waals surface area contributed by atoms with E-state index in [0.717, 1.165) is 12.1 Å². The number of rotatable bonds is 3. The van der Waals surface area contributed by atoms with Crippen molar-refractivity contribution < 1.29 is 17.9 Å². The number of alkyl halides is 2. The molecule has 0 radical (unpaired) electrons. The van der Waals surface area contributed by atoms with Crippen molar-refractivity contribution in [1.29, 1.82) is 0 Å². The fraction of sp³-hybridized carbons (Fsp3) is 0.250. The van der Waals surface area contributed by atoms with E-state index in [1.807, 2.05) is 0 Å². The third-order valence-corrected chi connectivity index (χ3v) is 1.19. The standard InChI is InChI=1S/C8H7F3O/c9-6-1-3-7(4-2-6)12-5-8(10)11/h1-4,8H,5H2. The maximum Gasteiger partial charge on any atom is 0.272 e. The van der Waals surface area contributed by atoms with Gasteiger partial charge < -0.3 is 4.74 Å². The van der Waals surface area contributed by atoms with E-state index in [1.54, 1.807) is 0 Å². The summed E-state index contributed by atoms with van der Waals surface area (Å²) in [6.45, 7) is -0.661. The molecule has 0 spiro atoms. The van der Waals surface area contributed by atoms with Gasteiger partial charge in [-0.05, 0) is 24.3 Å². The fourth-order valence-electron chi connectivity index (χ4n) is 0.690. The topological polar surface area (TPSA) is 9.23 Å². The summed E-state index contributed by atoms with van der Waals surface area (Å²) in [7, 11) is 0. The van der Waals surface area contributed by atoms with E-state index in [1.165, 1.54) is 12.1 Å². The van der Waals surface area contributed by atoms with Crippen LogP contribution in [0.4, 0.5) is 13.2 Å². The Hall–Kier alpha value is -1.19. The van der Waals surface area contributed by atoms with Gasteiger partial charge >= 0.3 is 0 Å². The molecule has 0 N–H and O–H groups in total. The zero-order valence-electron chi connectivity index (χ0n) is 6.14. The molecule has 0 aliphatic carbocycles. The molecule has 1 aromatic carbocycles. The Balaban J connectivity index is 2.48. The van der Waals surface area contributed by atoms with Crippen LogP contribution in [0.25, 0.3) is 0 Å². The van der Waals surface area contributed by atoms with Crippen molar-refractivity contribution in [2.75, 3.05) is 6.61 Å². The molecule has 66 valence electrons. The Bertz CT molecular complexity index is 233. The van der Waals surface area contributed by atoms with Crippen molar-refractivity contribution in [3.8, 4) is 5.75 Å². The predicted molar refractivity (Wildman–Crippen MR) is 37.9 cm³/mol. The summed E-state index contributed by atoms with van der Waals surface area (Å²) in [6.07, 6.45) is -2.50. The van der Waals surface area contributed by atoms with Crippen LogP contribution >= 0.6 is 0 Å². The number of hydrogen-bond acceptors (Lipinski definition) is 1. The van der Waals surface area contributed by atoms with Crippen molar-refractivity contribution in [1.82, 2.24) is 0 Å². The van der Waals surface area contributed by atoms with Crippen LogP contribution in [0.15, 0.2) is 24.3 Å². The van der Waals surface area contributed by atoms with Crippen LogP contribution in [0.2, 0.25) is 0 Å². The second-order valence-electron chi connectivity index (χ2n) is 2.16. The Kier molecular flexibility index (Phi) is 2.96. The fourth-order valence-corrected chi connectivity index (χ4v) is 0.690. The van der Waals surface area contributed by atoms with Gasteiger partial charge in [-0.1, -0.05) is 0 Å². The van der Waals surface area contributed by atoms with E-state index in [0.29, 0.717) is 0 Å². The van der Waals surface area contributed by atoms with Gasteiger partial charge in [-0.25, -0.2) is 13.2 Å². The van der Waals surface area contributed by atoms with Crippen LogP contribution in [0, 0.1) is 5.82 Å². The summed E-state index contributed by atoms with van der Waals surface area (Å²) in [5, 5.41) is 0. The van der Waals surface area contributed by atoms with Crippen molar-refractivity contribution in [2.24, 2.45) is 0 Å². The van der Waals surface area contributed by atoms with Crippen molar-refractivity contribution >= 4 is 0 Å². The molecule has 1 aromatic rings. The first-order valence-corrected chi connectivity index (χ1v) is 3.35. The number of hydrogen-bond donors (Lipinski definition) is 0. The Labute approximate surface area is 67.8 Å². The molecular formula is C8H7F3O. The van der Waals surface area contributed by atoms with Gasteiger partial charge in [0.2, 0.25) is 0 Å². The minimum atomic E-state index is -2.50. The van der Waals surface area contributed by atoms with Gasteiger partial charge in [0.15, 0.2) is 0 Å². The first-order valence-electron chi connectivity index (χ1n) is 3.35. The molecule has 0 saturated carbocycles. The quantitative estimate of drug-likeness (QED) is 0.687. The minimum absolute atomic E-state index is 0.247. The maximum absolute atomic E-state index is 12.3. The lowest BCUT2D eigenvalue weighted by Gasteiger charge is -2.03. The highest BCUT2D eigenvalue weighted by atomic mass is 19.3. The van der Waals surface area contributed by atoms with Crippen molar-refractivity contribution in [2.45, 2.75) is 6.43 Å². The molecule has 0 aromatic heterocycles. The van der Waals surface area contributed by atoms with Crippen LogP contribution < -0.4 is 4.74 Å². The lowest BCUT2D eigenvalue weighted by Crippen LogP contribution is -2.06. The average molecular weight is 176 g/mol. The van der Waals surface area contributed by atoms with Gasteiger partial charge in [0.1, 0.15) is 18.2 Å². The average Bonchev–Trinajstić information content (AvgIpc) is 2.03. The molecule has 0 fully saturated rings. The monoisotopic (exact) mass is 176 g/mol. The Morgan fingerprint density at radius 2 is 1.75 bits per heavy atom. The van der Waals surface area contributed by atoms with Crippen LogP contribution in [-0.2, 0) is 0 Å². The summed E-state index contributed by atoms with van der Waals surface area (Å²) in [4.78, 5) is 0. The van der Waals surface area contributed by atoms with Gasteiger partial charge in [-0.2, -0.15) is 0 Å². The second-order valence-corrected chi connectivity index (χ2v) is 2.16. The normalized spacial score (nSPS) is 10.3. The molecule has 0 atom stereocenters. The van der Waals surface area contributed by atoms with Gasteiger partial charge in [-0.3, -0.25) is 0 Å². The molecule has 0 heterocycles. The van der Waals surface area contributed by atoms with E-state index < -0.39 is 18.8 Å². The summed E-state index contributed by atoms with van der Waals surface area (Å²) >= 11 is 0. The third-order valence-electron chi connectivity index (χ3n) is 1.19. The lowest BCUT2D eigenvalue weighted by molar-refractivity contribution is 0.0819. The van der Waals surface area contributed by atoms with E-state index in [2.05, 4.69) is 4.74 Å². The smallest absolute Gasteiger partial charge is 0.272 e. The number of halogens is 3. The van der Waals surface area contributed by atoms with E-state index in [4.69, 9.17) is 0 Å². The molecule has 1 nitrogen and oxygen atoms in total. The van der Waals surface area contributed by atoms with E-state index >= 15 is 0 Å². The van der Waals surface area contributed by atoms with Crippen molar-refractivity contribution in [3.05, 3.63) is 30.1 Å². The highest BCUT2D eigenvalue weighted by molar-refractivity contribution is 5.21. The summed E-state index contributed by atoms with van der Waals surface area (Å²) in [5.41, 5.74) is 0. The molecule has 0 aliphatic rings. The maximum atomic E-state index is 12.3. The van der Waals surface area contributed by atoms with Crippen LogP contribution in [-0.4, -0.2) is 13.0 Å². The van der Waals surface area contributed by atoms with Gasteiger partial charge in [0.05, 0.1) is 0 Å². The second kappa shape index (κ2) is 3.99. The van der Waals surface area contributed by atoms with Gasteiger partial charge in [0, 0.05) is 0 Å². The third kappa shape index (κ3) is 2.82. The largest absolute Gasteiger partial charge is 0.488 e. The predicted octanol–water partition coefficient (Wildman–Crippen LogP) is 2.47. The van der Waals surface area contributed by atoms with E-state index in [-0.39, 0.29) is 5.75 Å². The molecular weight excluding hydrogens is 169 g/mol. The zero-order chi connectivity index (χ0) is 8.97. The Morgan fingerprint density at radius 3 is 2.25 bits per heavy atom. The van der Waals surface area contributed by atoms with Gasteiger partial charge in [0.25, 0.3) is 6.43 Å². The lowest BCUT2D eigenvalue weighted by atomic mass is 10.3. The van der Waals surface area contributed by atoms with Crippen LogP contribution in [0.3, 0.4) is 0 Å². The summed E-state index contributed by atoms with van der Waals surface area (Å²) in [5.74, 6) is -0.170. The zero-order valence-corrected chi connectivity index (χ0v) is 6.14. The molecule has 0 saturated heterocycles. The first kappa shape index (κ1) is 8.90. The molecule has 12 heavy (non-hydrogen) atoms. The molecule has 1 rings (SSSR count). The highest BCUT2D eigenvalue weighted by Gasteiger charge is 2.02. The van der Waals surface area contributed by atoms with Crippen LogP contribution in [0.5, 0.6) is 5.75 Å². The summed E-state index contributed by atoms with van der Waals surface area (Å²) < 4.78 is 40.1. The highest BCUT2D eigenvalue weighted by Crippen LogP contribution is 2.11. The van der Waals surface area contributed by atoms with E-state index in [9.17, 15) is 13.2 Å². The summed E-state index contributed by atoms with van der Waals surface area (Å²) in [6, 6.07) is 4.91. The number of benzene rings is 1. The Morgan fingerprint density at radius 1 is 1.17 bits per heavy atom. The molecule has 0 bridgehead atoms. The molecule has 0 unspecified atom stereocenters. The number of ether oxygens (including phenoxy) is 1. The van der Waals surface area contributed by atoms with Gasteiger partial charge in [-0.15, -0.1) is 0 Å². The molecule has 0 aliphatic heterocycles. The molecule has 0 amide bonds. The SMILES string of the molecule is Fc1ccc(OCC(F)F)cc1. The van der Waals surface area contributed by atoms with Crippen molar-refractivity contribution in [3.63, 3.8) is 0 Å². The molecule has 4 heteroatoms.